The molecule has 8 heteroatoms. The predicted octanol–water partition coefficient (Wildman–Crippen LogP) is 5.83. The van der Waals surface area contributed by atoms with Crippen molar-refractivity contribution >= 4 is 33.3 Å². The van der Waals surface area contributed by atoms with Crippen LogP contribution in [0.5, 0.6) is 0 Å². The maximum atomic E-state index is 13.1. The Kier molecular flexibility index (Phi) is 9.63. The van der Waals surface area contributed by atoms with Crippen LogP contribution in [0.4, 0.5) is 0 Å². The number of ether oxygens (including phenoxy) is 1. The molecular weight excluding hydrogens is 510 g/mol. The number of carbonyl (C=O) groups excluding carboxylic acids is 2. The third-order valence-corrected chi connectivity index (χ3v) is 9.17. The number of fused-ring (bicyclic) bond motifs is 1. The summed E-state index contributed by atoms with van der Waals surface area (Å²) in [6.45, 7) is 2.11. The van der Waals surface area contributed by atoms with Crippen LogP contribution in [-0.2, 0) is 29.2 Å². The van der Waals surface area contributed by atoms with Crippen LogP contribution in [0, 0.1) is 5.92 Å². The summed E-state index contributed by atoms with van der Waals surface area (Å²) >= 11 is 1.37. The van der Waals surface area contributed by atoms with Crippen LogP contribution in [0.1, 0.15) is 84.1 Å². The van der Waals surface area contributed by atoms with Gasteiger partial charge < -0.3 is 15.4 Å². The Balaban J connectivity index is 1.12. The van der Waals surface area contributed by atoms with E-state index in [-0.39, 0.29) is 18.1 Å². The summed E-state index contributed by atoms with van der Waals surface area (Å²) in [5, 5.41) is 16.9. The average molecular weight is 550 g/mol. The number of rotatable bonds is 11. The Labute approximate surface area is 234 Å². The van der Waals surface area contributed by atoms with Crippen molar-refractivity contribution in [2.24, 2.45) is 5.92 Å². The van der Waals surface area contributed by atoms with Crippen LogP contribution >= 0.6 is 11.3 Å². The standard InChI is InChI=1S/C31H39N3O4S/c35-30(34-37)28-17-25-15-14-23(16-27(25)39-28)19-32-18-21-10-12-22(13-11-21)20-33-29(24-6-2-1-3-7-24)31(36)38-26-8-4-5-9-26/h10-17,24,26,29,32-33,37H,1-9,18-20H2,(H,34,35)/t29-/m0/s1. The highest BCUT2D eigenvalue weighted by atomic mass is 32.1. The number of carbonyl (C=O) groups is 2. The molecule has 2 saturated carbocycles. The maximum absolute atomic E-state index is 13.1. The van der Waals surface area contributed by atoms with Crippen molar-refractivity contribution in [2.45, 2.75) is 89.6 Å². The summed E-state index contributed by atoms with van der Waals surface area (Å²) < 4.78 is 6.94. The lowest BCUT2D eigenvalue weighted by atomic mass is 9.83. The van der Waals surface area contributed by atoms with E-state index in [1.165, 1.54) is 41.7 Å². The van der Waals surface area contributed by atoms with Crippen LogP contribution in [0.3, 0.4) is 0 Å². The minimum absolute atomic E-state index is 0.0526. The number of benzene rings is 2. The van der Waals surface area contributed by atoms with Gasteiger partial charge in [-0.1, -0.05) is 55.7 Å². The van der Waals surface area contributed by atoms with Crippen LogP contribution < -0.4 is 16.1 Å². The second-order valence-electron chi connectivity index (χ2n) is 10.9. The Morgan fingerprint density at radius 2 is 1.49 bits per heavy atom. The molecule has 1 amide bonds. The Bertz CT molecular complexity index is 1250. The van der Waals surface area contributed by atoms with E-state index < -0.39 is 5.91 Å². The number of nitrogens with one attached hydrogen (secondary N) is 3. The molecule has 3 aromatic rings. The first-order chi connectivity index (χ1) is 19.1. The monoisotopic (exact) mass is 549 g/mol. The summed E-state index contributed by atoms with van der Waals surface area (Å²) in [5.74, 6) is -0.172. The Hall–Kier alpha value is -2.78. The van der Waals surface area contributed by atoms with Crippen molar-refractivity contribution in [1.29, 1.82) is 0 Å². The van der Waals surface area contributed by atoms with E-state index in [2.05, 4.69) is 47.0 Å². The molecule has 0 radical (unpaired) electrons. The molecule has 4 N–H and O–H groups in total. The fourth-order valence-corrected chi connectivity index (χ4v) is 6.88. The van der Waals surface area contributed by atoms with Gasteiger partial charge in [0.05, 0.1) is 4.88 Å². The van der Waals surface area contributed by atoms with Crippen molar-refractivity contribution < 1.29 is 19.5 Å². The molecule has 1 heterocycles. The number of hydroxylamine groups is 1. The van der Waals surface area contributed by atoms with Crippen LogP contribution in [-0.4, -0.2) is 29.2 Å². The van der Waals surface area contributed by atoms with E-state index in [0.717, 1.165) is 60.7 Å². The minimum atomic E-state index is -0.483. The lowest BCUT2D eigenvalue weighted by Crippen LogP contribution is -2.45. The van der Waals surface area contributed by atoms with E-state index in [1.54, 1.807) is 11.5 Å². The predicted molar refractivity (Wildman–Crippen MR) is 154 cm³/mol. The van der Waals surface area contributed by atoms with Crippen LogP contribution in [0.2, 0.25) is 0 Å². The molecule has 1 aromatic heterocycles. The van der Waals surface area contributed by atoms with Crippen molar-refractivity contribution in [3.05, 3.63) is 70.1 Å². The zero-order chi connectivity index (χ0) is 27.0. The van der Waals surface area contributed by atoms with Gasteiger partial charge in [-0.15, -0.1) is 11.3 Å². The molecule has 0 aliphatic heterocycles. The van der Waals surface area contributed by atoms with Gasteiger partial charge in [0.1, 0.15) is 12.1 Å². The van der Waals surface area contributed by atoms with Gasteiger partial charge in [0.2, 0.25) is 0 Å². The van der Waals surface area contributed by atoms with Crippen LogP contribution in [0.15, 0.2) is 48.5 Å². The first-order valence-electron chi connectivity index (χ1n) is 14.3. The molecule has 2 aliphatic rings. The normalized spacial score (nSPS) is 17.4. The van der Waals surface area contributed by atoms with Gasteiger partial charge >= 0.3 is 5.97 Å². The van der Waals surface area contributed by atoms with Gasteiger partial charge in [-0.3, -0.25) is 14.8 Å². The van der Waals surface area contributed by atoms with Crippen molar-refractivity contribution in [1.82, 2.24) is 16.1 Å². The van der Waals surface area contributed by atoms with Gasteiger partial charge in [0.15, 0.2) is 0 Å². The summed E-state index contributed by atoms with van der Waals surface area (Å²) in [6.07, 6.45) is 10.3. The highest BCUT2D eigenvalue weighted by Crippen LogP contribution is 2.29. The molecule has 1 atom stereocenters. The third-order valence-electron chi connectivity index (χ3n) is 8.08. The maximum Gasteiger partial charge on any atom is 0.323 e. The highest BCUT2D eigenvalue weighted by molar-refractivity contribution is 7.20. The Morgan fingerprint density at radius 3 is 2.21 bits per heavy atom. The first-order valence-corrected chi connectivity index (χ1v) is 15.1. The molecule has 0 unspecified atom stereocenters. The molecular formula is C31H39N3O4S. The quantitative estimate of drug-likeness (QED) is 0.136. The lowest BCUT2D eigenvalue weighted by Gasteiger charge is -2.30. The third kappa shape index (κ3) is 7.45. The number of amides is 1. The molecule has 7 nitrogen and oxygen atoms in total. The topological polar surface area (TPSA) is 99.7 Å². The van der Waals surface area contributed by atoms with Gasteiger partial charge in [0.25, 0.3) is 5.91 Å². The van der Waals surface area contributed by atoms with Crippen molar-refractivity contribution in [2.75, 3.05) is 0 Å². The molecule has 2 fully saturated rings. The zero-order valence-electron chi connectivity index (χ0n) is 22.4. The van der Waals surface area contributed by atoms with Gasteiger partial charge in [0, 0.05) is 24.3 Å². The number of hydrogen-bond donors (Lipinski definition) is 4. The first kappa shape index (κ1) is 27.8. The largest absolute Gasteiger partial charge is 0.461 e. The van der Waals surface area contributed by atoms with Crippen LogP contribution in [0.25, 0.3) is 10.1 Å². The summed E-state index contributed by atoms with van der Waals surface area (Å²) in [5.41, 5.74) is 5.19. The second-order valence-corrected chi connectivity index (χ2v) is 12.0. The SMILES string of the molecule is O=C(NO)c1cc2ccc(CNCc3ccc(CN[C@H](C(=O)OC4CCCC4)C4CCCCC4)cc3)cc2s1. The smallest absolute Gasteiger partial charge is 0.323 e. The van der Waals surface area contributed by atoms with E-state index in [4.69, 9.17) is 9.94 Å². The summed E-state index contributed by atoms with van der Waals surface area (Å²) in [6, 6.07) is 16.2. The van der Waals surface area contributed by atoms with E-state index in [0.29, 0.717) is 23.9 Å². The van der Waals surface area contributed by atoms with Gasteiger partial charge in [-0.2, -0.15) is 0 Å². The molecule has 208 valence electrons. The number of thiophene rings is 1. The van der Waals surface area contributed by atoms with Crippen molar-refractivity contribution in [3.8, 4) is 0 Å². The number of esters is 1. The number of hydrogen-bond acceptors (Lipinski definition) is 7. The summed E-state index contributed by atoms with van der Waals surface area (Å²) in [4.78, 5) is 25.3. The molecule has 0 bridgehead atoms. The summed E-state index contributed by atoms with van der Waals surface area (Å²) in [7, 11) is 0. The molecule has 5 rings (SSSR count). The lowest BCUT2D eigenvalue weighted by molar-refractivity contribution is -0.153. The molecule has 2 aromatic carbocycles. The highest BCUT2D eigenvalue weighted by Gasteiger charge is 2.32. The van der Waals surface area contributed by atoms with Crippen molar-refractivity contribution in [3.63, 3.8) is 0 Å². The van der Waals surface area contributed by atoms with E-state index in [9.17, 15) is 9.59 Å². The zero-order valence-corrected chi connectivity index (χ0v) is 23.2. The van der Waals surface area contributed by atoms with Gasteiger partial charge in [-0.25, -0.2) is 5.48 Å². The molecule has 2 aliphatic carbocycles. The second kappa shape index (κ2) is 13.5. The average Bonchev–Trinajstić information content (AvgIpc) is 3.64. The molecule has 0 spiro atoms. The fraction of sp³-hybridized carbons (Fsp3) is 0.484. The van der Waals surface area contributed by atoms with E-state index >= 15 is 0 Å². The molecule has 39 heavy (non-hydrogen) atoms. The Morgan fingerprint density at radius 1 is 0.846 bits per heavy atom. The van der Waals surface area contributed by atoms with E-state index in [1.807, 2.05) is 6.07 Å². The minimum Gasteiger partial charge on any atom is -0.461 e. The molecule has 0 saturated heterocycles. The van der Waals surface area contributed by atoms with Gasteiger partial charge in [-0.05, 0) is 78.7 Å². The fourth-order valence-electron chi connectivity index (χ4n) is 5.86.